The van der Waals surface area contributed by atoms with Gasteiger partial charge in [-0.15, -0.1) is 0 Å². The summed E-state index contributed by atoms with van der Waals surface area (Å²) in [6.45, 7) is 7.89. The third-order valence-electron chi connectivity index (χ3n) is 5.51. The van der Waals surface area contributed by atoms with Crippen LogP contribution in [0.2, 0.25) is 0 Å². The second-order valence-electron chi connectivity index (χ2n) is 8.06. The Balaban J connectivity index is 1.55. The summed E-state index contributed by atoms with van der Waals surface area (Å²) in [4.78, 5) is 18.0. The first-order chi connectivity index (χ1) is 15.5. The Morgan fingerprint density at radius 2 is 1.94 bits per heavy atom. The number of carbonyl (C=O) groups is 1. The van der Waals surface area contributed by atoms with E-state index in [0.717, 1.165) is 37.6 Å². The molecule has 0 radical (unpaired) electrons. The van der Waals surface area contributed by atoms with Gasteiger partial charge in [-0.25, -0.2) is 0 Å². The van der Waals surface area contributed by atoms with Crippen LogP contribution in [0.3, 0.4) is 0 Å². The zero-order valence-corrected chi connectivity index (χ0v) is 19.1. The Hall–Kier alpha value is -3.22. The molecule has 7 nitrogen and oxygen atoms in total. The van der Waals surface area contributed by atoms with Crippen molar-refractivity contribution in [3.05, 3.63) is 59.7 Å². The molecule has 1 unspecified atom stereocenters. The van der Waals surface area contributed by atoms with E-state index >= 15 is 0 Å². The van der Waals surface area contributed by atoms with Crippen molar-refractivity contribution < 1.29 is 9.53 Å². The Morgan fingerprint density at radius 1 is 1.19 bits per heavy atom. The van der Waals surface area contributed by atoms with Gasteiger partial charge in [-0.3, -0.25) is 9.79 Å². The molecular formula is C25H35N5O2. The van der Waals surface area contributed by atoms with Gasteiger partial charge in [0.1, 0.15) is 5.75 Å². The van der Waals surface area contributed by atoms with Gasteiger partial charge in [-0.2, -0.15) is 0 Å². The van der Waals surface area contributed by atoms with Gasteiger partial charge < -0.3 is 26.0 Å². The molecule has 1 atom stereocenters. The number of carbonyl (C=O) groups excluding carboxylic acids is 1. The number of nitrogens with zero attached hydrogens (tertiary/aromatic N) is 2. The van der Waals surface area contributed by atoms with Gasteiger partial charge in [-0.05, 0) is 68.5 Å². The molecule has 1 amide bonds. The number of amides is 1. The van der Waals surface area contributed by atoms with Crippen LogP contribution in [0.5, 0.6) is 5.75 Å². The summed E-state index contributed by atoms with van der Waals surface area (Å²) < 4.78 is 5.30. The molecule has 1 heterocycles. The number of hydrogen-bond acceptors (Lipinski definition) is 4. The number of guanidine groups is 1. The molecule has 2 aromatic carbocycles. The SMILES string of the molecule is CCNC(=NCCc1ccc(OCC(N)=O)cc1)NC(C)c1cccc(N2CCCC2)c1. The summed E-state index contributed by atoms with van der Waals surface area (Å²) in [5.41, 5.74) is 8.82. The number of aliphatic imine (C=N–C) groups is 1. The molecule has 0 spiro atoms. The molecule has 172 valence electrons. The standard InChI is InChI=1S/C25H35N5O2/c1-3-27-25(28-14-13-20-9-11-23(12-10-20)32-18-24(26)31)29-19(2)21-7-6-8-22(17-21)30-15-4-5-16-30/h6-12,17,19H,3-5,13-16,18H2,1-2H3,(H2,26,31)(H2,27,28,29). The number of anilines is 1. The van der Waals surface area contributed by atoms with E-state index in [1.807, 2.05) is 24.3 Å². The summed E-state index contributed by atoms with van der Waals surface area (Å²) in [5, 5.41) is 6.87. The highest BCUT2D eigenvalue weighted by Crippen LogP contribution is 2.24. The number of rotatable bonds is 10. The summed E-state index contributed by atoms with van der Waals surface area (Å²) in [7, 11) is 0. The molecule has 32 heavy (non-hydrogen) atoms. The average Bonchev–Trinajstić information content (AvgIpc) is 3.34. The van der Waals surface area contributed by atoms with Crippen LogP contribution >= 0.6 is 0 Å². The highest BCUT2D eigenvalue weighted by atomic mass is 16.5. The monoisotopic (exact) mass is 437 g/mol. The maximum absolute atomic E-state index is 10.8. The first-order valence-electron chi connectivity index (χ1n) is 11.4. The minimum atomic E-state index is -0.483. The second-order valence-corrected chi connectivity index (χ2v) is 8.06. The molecule has 1 aliphatic rings. The number of nitrogens with two attached hydrogens (primary N) is 1. The van der Waals surface area contributed by atoms with Crippen LogP contribution in [-0.2, 0) is 11.2 Å². The molecule has 1 fully saturated rings. The van der Waals surface area contributed by atoms with Gasteiger partial charge >= 0.3 is 0 Å². The molecule has 2 aromatic rings. The van der Waals surface area contributed by atoms with Crippen molar-refractivity contribution in [1.29, 1.82) is 0 Å². The second kappa shape index (κ2) is 12.0. The fourth-order valence-corrected chi connectivity index (χ4v) is 3.78. The minimum Gasteiger partial charge on any atom is -0.484 e. The Kier molecular flexibility index (Phi) is 8.78. The van der Waals surface area contributed by atoms with Crippen LogP contribution in [0.15, 0.2) is 53.5 Å². The first-order valence-corrected chi connectivity index (χ1v) is 11.4. The molecular weight excluding hydrogens is 402 g/mol. The fourth-order valence-electron chi connectivity index (χ4n) is 3.78. The van der Waals surface area contributed by atoms with Gasteiger partial charge in [-0.1, -0.05) is 24.3 Å². The van der Waals surface area contributed by atoms with E-state index in [2.05, 4.69) is 53.6 Å². The summed E-state index contributed by atoms with van der Waals surface area (Å²) >= 11 is 0. The summed E-state index contributed by atoms with van der Waals surface area (Å²) in [5.74, 6) is 0.966. The Bertz CT molecular complexity index is 891. The predicted molar refractivity (Wildman–Crippen MR) is 130 cm³/mol. The van der Waals surface area contributed by atoms with Gasteiger partial charge in [0, 0.05) is 31.9 Å². The van der Waals surface area contributed by atoms with Crippen LogP contribution in [0.25, 0.3) is 0 Å². The molecule has 0 bridgehead atoms. The average molecular weight is 438 g/mol. The van der Waals surface area contributed by atoms with Crippen LogP contribution in [0.4, 0.5) is 5.69 Å². The van der Waals surface area contributed by atoms with E-state index in [-0.39, 0.29) is 12.6 Å². The van der Waals surface area contributed by atoms with Gasteiger partial charge in [0.15, 0.2) is 12.6 Å². The Morgan fingerprint density at radius 3 is 2.62 bits per heavy atom. The Labute approximate surface area is 191 Å². The lowest BCUT2D eigenvalue weighted by molar-refractivity contribution is -0.119. The molecule has 4 N–H and O–H groups in total. The van der Waals surface area contributed by atoms with Crippen molar-refractivity contribution in [3.8, 4) is 5.75 Å². The molecule has 0 saturated carbocycles. The fraction of sp³-hybridized carbons (Fsp3) is 0.440. The van der Waals surface area contributed by atoms with Gasteiger partial charge in [0.25, 0.3) is 5.91 Å². The van der Waals surface area contributed by atoms with Crippen molar-refractivity contribution >= 4 is 17.6 Å². The van der Waals surface area contributed by atoms with Crippen molar-refractivity contribution in [2.75, 3.05) is 37.7 Å². The van der Waals surface area contributed by atoms with Crippen LogP contribution in [0.1, 0.15) is 43.9 Å². The topological polar surface area (TPSA) is 92.0 Å². The van der Waals surface area contributed by atoms with E-state index < -0.39 is 5.91 Å². The lowest BCUT2D eigenvalue weighted by atomic mass is 10.1. The number of benzene rings is 2. The third kappa shape index (κ3) is 7.18. The lowest BCUT2D eigenvalue weighted by Gasteiger charge is -2.22. The molecule has 1 saturated heterocycles. The predicted octanol–water partition coefficient (Wildman–Crippen LogP) is 3.01. The molecule has 7 heteroatoms. The largest absolute Gasteiger partial charge is 0.484 e. The maximum atomic E-state index is 10.8. The summed E-state index contributed by atoms with van der Waals surface area (Å²) in [6, 6.07) is 16.6. The lowest BCUT2D eigenvalue weighted by Crippen LogP contribution is -2.39. The van der Waals surface area contributed by atoms with E-state index in [1.54, 1.807) is 0 Å². The van der Waals surface area contributed by atoms with Crippen molar-refractivity contribution in [2.45, 2.75) is 39.2 Å². The zero-order chi connectivity index (χ0) is 22.8. The summed E-state index contributed by atoms with van der Waals surface area (Å²) in [6.07, 6.45) is 3.36. The van der Waals surface area contributed by atoms with Crippen molar-refractivity contribution in [2.24, 2.45) is 10.7 Å². The molecule has 0 aliphatic carbocycles. The number of hydrogen-bond donors (Lipinski definition) is 3. The van der Waals surface area contributed by atoms with Crippen LogP contribution in [-0.4, -0.2) is 44.7 Å². The van der Waals surface area contributed by atoms with Crippen LogP contribution < -0.4 is 26.0 Å². The smallest absolute Gasteiger partial charge is 0.255 e. The number of nitrogens with one attached hydrogen (secondary N) is 2. The molecule has 0 aromatic heterocycles. The number of primary amides is 1. The zero-order valence-electron chi connectivity index (χ0n) is 19.1. The van der Waals surface area contributed by atoms with Gasteiger partial charge in [0.05, 0.1) is 6.04 Å². The minimum absolute atomic E-state index is 0.111. The molecule has 1 aliphatic heterocycles. The molecule has 3 rings (SSSR count). The highest BCUT2D eigenvalue weighted by Gasteiger charge is 2.14. The van der Waals surface area contributed by atoms with E-state index in [0.29, 0.717) is 12.3 Å². The number of ether oxygens (including phenoxy) is 1. The highest BCUT2D eigenvalue weighted by molar-refractivity contribution is 5.80. The maximum Gasteiger partial charge on any atom is 0.255 e. The van der Waals surface area contributed by atoms with E-state index in [9.17, 15) is 4.79 Å². The van der Waals surface area contributed by atoms with Crippen LogP contribution in [0, 0.1) is 0 Å². The quantitative estimate of drug-likeness (QED) is 0.393. The third-order valence-corrected chi connectivity index (χ3v) is 5.51. The normalized spacial score (nSPS) is 14.8. The van der Waals surface area contributed by atoms with Crippen molar-refractivity contribution in [3.63, 3.8) is 0 Å². The van der Waals surface area contributed by atoms with Crippen molar-refractivity contribution in [1.82, 2.24) is 10.6 Å². The van der Waals surface area contributed by atoms with E-state index in [1.165, 1.54) is 24.1 Å². The van der Waals surface area contributed by atoms with Gasteiger partial charge in [0.2, 0.25) is 0 Å². The first kappa shape index (κ1) is 23.4. The van der Waals surface area contributed by atoms with E-state index in [4.69, 9.17) is 15.5 Å².